The Balaban J connectivity index is 2.77. The minimum absolute atomic E-state index is 0.346. The molecular weight excluding hydrogens is 329 g/mol. The number of carbonyl (C=O) groups is 1. The van der Waals surface area contributed by atoms with Crippen molar-refractivity contribution < 1.29 is 9.53 Å². The van der Waals surface area contributed by atoms with Crippen molar-refractivity contribution >= 4 is 56.0 Å². The van der Waals surface area contributed by atoms with E-state index >= 15 is 0 Å². The van der Waals surface area contributed by atoms with E-state index in [-0.39, 0.29) is 0 Å². The standard InChI is InChI=1S/C11H6BrCl2NO2/c1-17-11(16)6-4-15-10-5(8(6)12)2-3-7(13)9(10)14/h2-4H,1H3. The van der Waals surface area contributed by atoms with E-state index in [4.69, 9.17) is 23.2 Å². The molecule has 0 saturated carbocycles. The summed E-state index contributed by atoms with van der Waals surface area (Å²) in [6.07, 6.45) is 1.40. The summed E-state index contributed by atoms with van der Waals surface area (Å²) in [5.41, 5.74) is 0.886. The molecule has 0 aliphatic rings. The molecule has 0 fully saturated rings. The highest BCUT2D eigenvalue weighted by Crippen LogP contribution is 2.34. The van der Waals surface area contributed by atoms with E-state index in [1.54, 1.807) is 12.1 Å². The topological polar surface area (TPSA) is 39.2 Å². The molecule has 0 saturated heterocycles. The van der Waals surface area contributed by atoms with Crippen LogP contribution < -0.4 is 0 Å². The molecule has 3 nitrogen and oxygen atoms in total. The van der Waals surface area contributed by atoms with Gasteiger partial charge in [-0.3, -0.25) is 4.98 Å². The quantitative estimate of drug-likeness (QED) is 0.737. The van der Waals surface area contributed by atoms with Crippen molar-refractivity contribution in [2.75, 3.05) is 7.11 Å². The third kappa shape index (κ3) is 2.12. The monoisotopic (exact) mass is 333 g/mol. The zero-order chi connectivity index (χ0) is 12.6. The lowest BCUT2D eigenvalue weighted by atomic mass is 10.1. The molecule has 1 aromatic carbocycles. The summed E-state index contributed by atoms with van der Waals surface area (Å²) in [4.78, 5) is 15.6. The molecule has 1 aromatic heterocycles. The summed E-state index contributed by atoms with van der Waals surface area (Å²) >= 11 is 15.3. The first-order valence-corrected chi connectivity index (χ1v) is 6.11. The molecule has 0 bridgehead atoms. The van der Waals surface area contributed by atoms with E-state index in [0.717, 1.165) is 0 Å². The molecule has 0 aliphatic heterocycles. The van der Waals surface area contributed by atoms with E-state index in [1.807, 2.05) is 0 Å². The minimum Gasteiger partial charge on any atom is -0.465 e. The highest BCUT2D eigenvalue weighted by molar-refractivity contribution is 9.10. The summed E-state index contributed by atoms with van der Waals surface area (Å²) < 4.78 is 5.24. The second-order valence-corrected chi connectivity index (χ2v) is 4.81. The number of benzene rings is 1. The predicted molar refractivity (Wildman–Crippen MR) is 70.8 cm³/mol. The number of halogens is 3. The molecule has 0 amide bonds. The fraction of sp³-hybridized carbons (Fsp3) is 0.0909. The SMILES string of the molecule is COC(=O)c1cnc2c(Cl)c(Cl)ccc2c1Br. The maximum atomic E-state index is 11.5. The average Bonchev–Trinajstić information content (AvgIpc) is 2.33. The summed E-state index contributed by atoms with van der Waals surface area (Å²) in [6, 6.07) is 3.40. The molecule has 1 heterocycles. The molecular formula is C11H6BrCl2NO2. The number of pyridine rings is 1. The number of carbonyl (C=O) groups excluding carboxylic acids is 1. The van der Waals surface area contributed by atoms with Crippen molar-refractivity contribution in [3.63, 3.8) is 0 Å². The number of nitrogens with zero attached hydrogens (tertiary/aromatic N) is 1. The van der Waals surface area contributed by atoms with Crippen molar-refractivity contribution in [1.82, 2.24) is 4.98 Å². The first-order valence-electron chi connectivity index (χ1n) is 4.56. The Kier molecular flexibility index (Phi) is 3.56. The maximum Gasteiger partial charge on any atom is 0.340 e. The van der Waals surface area contributed by atoms with E-state index in [2.05, 4.69) is 25.7 Å². The van der Waals surface area contributed by atoms with E-state index in [0.29, 0.717) is 31.0 Å². The number of hydrogen-bond donors (Lipinski definition) is 0. The van der Waals surface area contributed by atoms with Gasteiger partial charge in [-0.1, -0.05) is 29.3 Å². The third-order valence-electron chi connectivity index (χ3n) is 2.27. The average molecular weight is 335 g/mol. The highest BCUT2D eigenvalue weighted by Gasteiger charge is 2.16. The van der Waals surface area contributed by atoms with Crippen LogP contribution in [0, 0.1) is 0 Å². The molecule has 0 radical (unpaired) electrons. The lowest BCUT2D eigenvalue weighted by Crippen LogP contribution is -2.03. The Bertz CT molecular complexity index is 616. The molecule has 0 N–H and O–H groups in total. The number of rotatable bonds is 1. The van der Waals surface area contributed by atoms with Crippen LogP contribution >= 0.6 is 39.1 Å². The first kappa shape index (κ1) is 12.6. The van der Waals surface area contributed by atoms with Gasteiger partial charge in [0.1, 0.15) is 0 Å². The van der Waals surface area contributed by atoms with Crippen LogP contribution in [0.15, 0.2) is 22.8 Å². The van der Waals surface area contributed by atoms with Crippen molar-refractivity contribution in [1.29, 1.82) is 0 Å². The number of hydrogen-bond acceptors (Lipinski definition) is 3. The molecule has 0 unspecified atom stereocenters. The molecule has 2 aromatic rings. The zero-order valence-corrected chi connectivity index (χ0v) is 11.7. The minimum atomic E-state index is -0.461. The van der Waals surface area contributed by atoms with Gasteiger partial charge in [0.2, 0.25) is 0 Å². The fourth-order valence-corrected chi connectivity index (χ4v) is 2.38. The van der Waals surface area contributed by atoms with Crippen LogP contribution in [-0.4, -0.2) is 18.1 Å². The molecule has 2 rings (SSSR count). The largest absolute Gasteiger partial charge is 0.465 e. The van der Waals surface area contributed by atoms with Gasteiger partial charge in [0.25, 0.3) is 0 Å². The van der Waals surface area contributed by atoms with Gasteiger partial charge in [-0.2, -0.15) is 0 Å². The molecule has 0 aliphatic carbocycles. The van der Waals surface area contributed by atoms with Crippen molar-refractivity contribution in [2.24, 2.45) is 0 Å². The Morgan fingerprint density at radius 1 is 1.41 bits per heavy atom. The Hall–Kier alpha value is -0.840. The van der Waals surface area contributed by atoms with Crippen LogP contribution in [0.3, 0.4) is 0 Å². The van der Waals surface area contributed by atoms with Gasteiger partial charge >= 0.3 is 5.97 Å². The van der Waals surface area contributed by atoms with E-state index < -0.39 is 5.97 Å². The van der Waals surface area contributed by atoms with Crippen LogP contribution in [0.5, 0.6) is 0 Å². The van der Waals surface area contributed by atoms with Gasteiger partial charge in [-0.25, -0.2) is 4.79 Å². The molecule has 88 valence electrons. The van der Waals surface area contributed by atoms with Gasteiger partial charge < -0.3 is 4.74 Å². The van der Waals surface area contributed by atoms with Crippen LogP contribution in [0.1, 0.15) is 10.4 Å². The van der Waals surface area contributed by atoms with Gasteiger partial charge in [-0.15, -0.1) is 0 Å². The van der Waals surface area contributed by atoms with E-state index in [1.165, 1.54) is 13.3 Å². The number of esters is 1. The van der Waals surface area contributed by atoms with Gasteiger partial charge in [0.05, 0.1) is 28.2 Å². The summed E-state index contributed by atoms with van der Waals surface area (Å²) in [6.45, 7) is 0. The third-order valence-corrected chi connectivity index (χ3v) is 3.92. The van der Waals surface area contributed by atoms with Crippen LogP contribution in [0.25, 0.3) is 10.9 Å². The second-order valence-electron chi connectivity index (χ2n) is 3.23. The summed E-state index contributed by atoms with van der Waals surface area (Å²) in [5, 5.41) is 1.49. The van der Waals surface area contributed by atoms with Crippen LogP contribution in [-0.2, 0) is 4.74 Å². The molecule has 0 atom stereocenters. The number of aromatic nitrogens is 1. The van der Waals surface area contributed by atoms with Gasteiger partial charge in [0.15, 0.2) is 0 Å². The Labute approximate surface area is 116 Å². The Morgan fingerprint density at radius 2 is 2.12 bits per heavy atom. The zero-order valence-electron chi connectivity index (χ0n) is 8.63. The molecule has 0 spiro atoms. The van der Waals surface area contributed by atoms with Gasteiger partial charge in [-0.05, 0) is 22.0 Å². The second kappa shape index (κ2) is 4.80. The van der Waals surface area contributed by atoms with Crippen molar-refractivity contribution in [2.45, 2.75) is 0 Å². The van der Waals surface area contributed by atoms with Crippen LogP contribution in [0.2, 0.25) is 10.0 Å². The fourth-order valence-electron chi connectivity index (χ4n) is 1.43. The van der Waals surface area contributed by atoms with Gasteiger partial charge in [0, 0.05) is 16.1 Å². The lowest BCUT2D eigenvalue weighted by molar-refractivity contribution is 0.0599. The molecule has 17 heavy (non-hydrogen) atoms. The Morgan fingerprint density at radius 3 is 2.76 bits per heavy atom. The van der Waals surface area contributed by atoms with E-state index in [9.17, 15) is 4.79 Å². The summed E-state index contributed by atoms with van der Waals surface area (Å²) in [5.74, 6) is -0.461. The lowest BCUT2D eigenvalue weighted by Gasteiger charge is -2.07. The first-order chi connectivity index (χ1) is 8.06. The van der Waals surface area contributed by atoms with Crippen molar-refractivity contribution in [3.05, 3.63) is 38.4 Å². The number of methoxy groups -OCH3 is 1. The van der Waals surface area contributed by atoms with Crippen LogP contribution in [0.4, 0.5) is 0 Å². The summed E-state index contributed by atoms with van der Waals surface area (Å²) in [7, 11) is 1.31. The predicted octanol–water partition coefficient (Wildman–Crippen LogP) is 4.09. The highest BCUT2D eigenvalue weighted by atomic mass is 79.9. The number of ether oxygens (including phenoxy) is 1. The smallest absolute Gasteiger partial charge is 0.340 e. The van der Waals surface area contributed by atoms with Crippen molar-refractivity contribution in [3.8, 4) is 0 Å². The molecule has 6 heteroatoms. The normalized spacial score (nSPS) is 10.6. The number of fused-ring (bicyclic) bond motifs is 1. The maximum absolute atomic E-state index is 11.5.